The zero-order valence-corrected chi connectivity index (χ0v) is 9.86. The molecule has 0 aromatic heterocycles. The molecule has 1 heterocycles. The Kier molecular flexibility index (Phi) is 3.21. The molecular formula is C10H16N2O4. The van der Waals surface area contributed by atoms with Crippen LogP contribution in [0.15, 0.2) is 0 Å². The van der Waals surface area contributed by atoms with Crippen LogP contribution < -0.4 is 5.32 Å². The van der Waals surface area contributed by atoms with Gasteiger partial charge in [0.2, 0.25) is 5.91 Å². The molecular weight excluding hydrogens is 212 g/mol. The van der Waals surface area contributed by atoms with E-state index >= 15 is 0 Å². The minimum atomic E-state index is -0.732. The second kappa shape index (κ2) is 4.11. The molecule has 6 nitrogen and oxygen atoms in total. The van der Waals surface area contributed by atoms with Crippen LogP contribution in [0.25, 0.3) is 0 Å². The molecule has 1 unspecified atom stereocenters. The fraction of sp³-hybridized carbons (Fsp3) is 0.700. The Labute approximate surface area is 93.9 Å². The number of hydrogen-bond acceptors (Lipinski definition) is 4. The number of urea groups is 1. The van der Waals surface area contributed by atoms with E-state index in [1.54, 1.807) is 27.7 Å². The zero-order chi connectivity index (χ0) is 12.5. The lowest BCUT2D eigenvalue weighted by Crippen LogP contribution is -2.56. The van der Waals surface area contributed by atoms with Crippen molar-refractivity contribution >= 4 is 18.0 Å². The van der Waals surface area contributed by atoms with Gasteiger partial charge in [-0.05, 0) is 20.8 Å². The van der Waals surface area contributed by atoms with E-state index in [0.717, 1.165) is 4.90 Å². The maximum Gasteiger partial charge on any atom is 0.418 e. The fourth-order valence-corrected chi connectivity index (χ4v) is 1.21. The molecule has 1 fully saturated rings. The summed E-state index contributed by atoms with van der Waals surface area (Å²) in [6.07, 6.45) is -0.732. The second-order valence-electron chi connectivity index (χ2n) is 4.79. The normalized spacial score (nSPS) is 21.8. The van der Waals surface area contributed by atoms with Crippen molar-refractivity contribution in [2.75, 3.05) is 6.54 Å². The number of nitrogens with one attached hydrogen (secondary N) is 1. The summed E-state index contributed by atoms with van der Waals surface area (Å²) in [5, 5.41) is 2.09. The largest absolute Gasteiger partial charge is 0.443 e. The minimum Gasteiger partial charge on any atom is -0.443 e. The first-order chi connectivity index (χ1) is 7.20. The molecule has 1 saturated heterocycles. The van der Waals surface area contributed by atoms with Gasteiger partial charge < -0.3 is 4.74 Å². The van der Waals surface area contributed by atoms with Gasteiger partial charge in [0.1, 0.15) is 5.60 Å². The van der Waals surface area contributed by atoms with Crippen LogP contribution in [0.1, 0.15) is 27.7 Å². The van der Waals surface area contributed by atoms with Crippen LogP contribution in [0.5, 0.6) is 0 Å². The quantitative estimate of drug-likeness (QED) is 0.673. The van der Waals surface area contributed by atoms with Gasteiger partial charge in [-0.1, -0.05) is 6.92 Å². The molecule has 16 heavy (non-hydrogen) atoms. The highest BCUT2D eigenvalue weighted by Crippen LogP contribution is 2.14. The van der Waals surface area contributed by atoms with Gasteiger partial charge in [-0.2, -0.15) is 0 Å². The molecule has 1 rings (SSSR count). The number of amides is 4. The first-order valence-corrected chi connectivity index (χ1v) is 5.06. The fourth-order valence-electron chi connectivity index (χ4n) is 1.21. The highest BCUT2D eigenvalue weighted by molar-refractivity contribution is 6.03. The first-order valence-electron chi connectivity index (χ1n) is 5.06. The van der Waals surface area contributed by atoms with Gasteiger partial charge in [0, 0.05) is 6.54 Å². The van der Waals surface area contributed by atoms with Gasteiger partial charge in [-0.15, -0.1) is 0 Å². The number of rotatable bonds is 0. The van der Waals surface area contributed by atoms with Crippen LogP contribution >= 0.6 is 0 Å². The molecule has 6 heteroatoms. The number of nitrogens with zero attached hydrogens (tertiary/aromatic N) is 1. The standard InChI is InChI=1S/C10H16N2O4/c1-6-5-12(8(14)11-7(6)13)9(15)16-10(2,3)4/h6H,5H2,1-4H3,(H,11,13,14). The molecule has 0 aromatic rings. The molecule has 0 aromatic carbocycles. The summed E-state index contributed by atoms with van der Waals surface area (Å²) < 4.78 is 5.05. The number of imide groups is 2. The predicted molar refractivity (Wildman–Crippen MR) is 55.6 cm³/mol. The summed E-state index contributed by atoms with van der Waals surface area (Å²) in [4.78, 5) is 35.0. The minimum absolute atomic E-state index is 0.0551. The van der Waals surface area contributed by atoms with Crippen molar-refractivity contribution in [1.82, 2.24) is 10.2 Å². The van der Waals surface area contributed by atoms with Gasteiger partial charge >= 0.3 is 12.1 Å². The molecule has 0 radical (unpaired) electrons. The molecule has 1 aliphatic rings. The number of ether oxygens (including phenoxy) is 1. The van der Waals surface area contributed by atoms with Crippen LogP contribution in [-0.2, 0) is 9.53 Å². The van der Waals surface area contributed by atoms with Crippen molar-refractivity contribution in [1.29, 1.82) is 0 Å². The van der Waals surface area contributed by atoms with Crippen molar-refractivity contribution in [3.8, 4) is 0 Å². The molecule has 0 bridgehead atoms. The van der Waals surface area contributed by atoms with Crippen molar-refractivity contribution in [2.24, 2.45) is 5.92 Å². The molecule has 4 amide bonds. The molecule has 90 valence electrons. The average Bonchev–Trinajstić information content (AvgIpc) is 2.08. The number of carbonyl (C=O) groups is 3. The van der Waals surface area contributed by atoms with Crippen molar-refractivity contribution in [2.45, 2.75) is 33.3 Å². The molecule has 1 atom stereocenters. The maximum absolute atomic E-state index is 11.6. The topological polar surface area (TPSA) is 75.7 Å². The molecule has 0 spiro atoms. The maximum atomic E-state index is 11.6. The van der Waals surface area contributed by atoms with E-state index in [4.69, 9.17) is 4.74 Å². The molecule has 1 aliphatic heterocycles. The SMILES string of the molecule is CC1CN(C(=O)OC(C)(C)C)C(=O)NC1=O. The van der Waals surface area contributed by atoms with Crippen LogP contribution in [0.4, 0.5) is 9.59 Å². The summed E-state index contributed by atoms with van der Waals surface area (Å²) in [5.74, 6) is -0.782. The number of hydrogen-bond donors (Lipinski definition) is 1. The number of carbonyl (C=O) groups excluding carboxylic acids is 3. The van der Waals surface area contributed by atoms with Gasteiger partial charge in [-0.3, -0.25) is 10.1 Å². The lowest BCUT2D eigenvalue weighted by molar-refractivity contribution is -0.125. The predicted octanol–water partition coefficient (Wildman–Crippen LogP) is 1.11. The molecule has 0 aliphatic carbocycles. The Hall–Kier alpha value is -1.59. The monoisotopic (exact) mass is 228 g/mol. The Morgan fingerprint density at radius 2 is 2.00 bits per heavy atom. The van der Waals surface area contributed by atoms with Crippen LogP contribution in [0.3, 0.4) is 0 Å². The van der Waals surface area contributed by atoms with E-state index in [1.807, 2.05) is 0 Å². The van der Waals surface area contributed by atoms with Crippen LogP contribution in [0, 0.1) is 5.92 Å². The molecule has 0 saturated carbocycles. The van der Waals surface area contributed by atoms with Crippen molar-refractivity contribution < 1.29 is 19.1 Å². The average molecular weight is 228 g/mol. The van der Waals surface area contributed by atoms with Gasteiger partial charge in [0.05, 0.1) is 5.92 Å². The van der Waals surface area contributed by atoms with E-state index < -0.39 is 23.6 Å². The third-order valence-electron chi connectivity index (χ3n) is 1.99. The second-order valence-corrected chi connectivity index (χ2v) is 4.79. The van der Waals surface area contributed by atoms with Crippen LogP contribution in [0.2, 0.25) is 0 Å². The van der Waals surface area contributed by atoms with E-state index in [9.17, 15) is 14.4 Å². The lowest BCUT2D eigenvalue weighted by Gasteiger charge is -2.30. The van der Waals surface area contributed by atoms with E-state index in [-0.39, 0.29) is 12.5 Å². The zero-order valence-electron chi connectivity index (χ0n) is 9.86. The Morgan fingerprint density at radius 3 is 2.50 bits per heavy atom. The Bertz CT molecular complexity index is 332. The summed E-state index contributed by atoms with van der Waals surface area (Å²) in [7, 11) is 0. The van der Waals surface area contributed by atoms with Gasteiger partial charge in [-0.25, -0.2) is 14.5 Å². The summed E-state index contributed by atoms with van der Waals surface area (Å²) in [5.41, 5.74) is -0.665. The van der Waals surface area contributed by atoms with Crippen LogP contribution in [-0.4, -0.2) is 35.1 Å². The highest BCUT2D eigenvalue weighted by atomic mass is 16.6. The molecule has 1 N–H and O–H groups in total. The third kappa shape index (κ3) is 2.95. The summed E-state index contributed by atoms with van der Waals surface area (Å²) >= 11 is 0. The summed E-state index contributed by atoms with van der Waals surface area (Å²) in [6, 6.07) is -0.725. The van der Waals surface area contributed by atoms with Crippen molar-refractivity contribution in [3.63, 3.8) is 0 Å². The van der Waals surface area contributed by atoms with E-state index in [2.05, 4.69) is 5.32 Å². The third-order valence-corrected chi connectivity index (χ3v) is 1.99. The Morgan fingerprint density at radius 1 is 1.44 bits per heavy atom. The summed E-state index contributed by atoms with van der Waals surface area (Å²) in [6.45, 7) is 6.82. The van der Waals surface area contributed by atoms with Crippen molar-refractivity contribution in [3.05, 3.63) is 0 Å². The first kappa shape index (κ1) is 12.5. The smallest absolute Gasteiger partial charge is 0.418 e. The van der Waals surface area contributed by atoms with Gasteiger partial charge in [0.15, 0.2) is 0 Å². The lowest BCUT2D eigenvalue weighted by atomic mass is 10.1. The van der Waals surface area contributed by atoms with E-state index in [0.29, 0.717) is 0 Å². The Balaban J connectivity index is 2.70. The highest BCUT2D eigenvalue weighted by Gasteiger charge is 2.35. The van der Waals surface area contributed by atoms with Gasteiger partial charge in [0.25, 0.3) is 0 Å². The van der Waals surface area contributed by atoms with E-state index in [1.165, 1.54) is 0 Å².